The van der Waals surface area contributed by atoms with Crippen molar-refractivity contribution in [2.45, 2.75) is 44.8 Å². The number of pyridine rings is 1. The van der Waals surface area contributed by atoms with Crippen molar-refractivity contribution in [2.75, 3.05) is 6.54 Å². The summed E-state index contributed by atoms with van der Waals surface area (Å²) in [6.45, 7) is 1.55. The van der Waals surface area contributed by atoms with E-state index in [1.165, 1.54) is 10.2 Å². The van der Waals surface area contributed by atoms with Crippen LogP contribution in [0.15, 0.2) is 59.7 Å². The minimum Gasteiger partial charge on any atom is -0.338 e. The van der Waals surface area contributed by atoms with Crippen molar-refractivity contribution in [1.82, 2.24) is 30.0 Å². The van der Waals surface area contributed by atoms with Crippen molar-refractivity contribution < 1.29 is 4.79 Å². The van der Waals surface area contributed by atoms with Gasteiger partial charge in [-0.25, -0.2) is 14.3 Å². The summed E-state index contributed by atoms with van der Waals surface area (Å²) in [6.07, 6.45) is 6.37. The minimum absolute atomic E-state index is 0.0228. The molecule has 3 heterocycles. The third kappa shape index (κ3) is 4.94. The molecule has 1 atom stereocenters. The van der Waals surface area contributed by atoms with Gasteiger partial charge in [0.2, 0.25) is 0 Å². The first-order valence-corrected chi connectivity index (χ1v) is 10.3. The molecular weight excluding hydrogens is 380 g/mol. The molecule has 0 saturated carbocycles. The molecule has 0 radical (unpaired) electrons. The van der Waals surface area contributed by atoms with Crippen molar-refractivity contribution in [2.24, 2.45) is 0 Å². The van der Waals surface area contributed by atoms with Gasteiger partial charge in [-0.2, -0.15) is 5.10 Å². The molecule has 1 aliphatic heterocycles. The van der Waals surface area contributed by atoms with Crippen LogP contribution in [0.25, 0.3) is 0 Å². The second-order valence-electron chi connectivity index (χ2n) is 7.53. The van der Waals surface area contributed by atoms with Crippen LogP contribution in [0.2, 0.25) is 0 Å². The molecule has 1 aromatic carbocycles. The van der Waals surface area contributed by atoms with E-state index in [-0.39, 0.29) is 17.8 Å². The number of carbonyl (C=O) groups excluding carboxylic acids is 1. The highest BCUT2D eigenvalue weighted by Crippen LogP contribution is 2.12. The van der Waals surface area contributed by atoms with Gasteiger partial charge in [0.1, 0.15) is 5.82 Å². The quantitative estimate of drug-likeness (QED) is 0.652. The van der Waals surface area contributed by atoms with Crippen molar-refractivity contribution in [3.05, 3.63) is 82.3 Å². The van der Waals surface area contributed by atoms with Crippen LogP contribution >= 0.6 is 0 Å². The van der Waals surface area contributed by atoms with E-state index in [1.807, 2.05) is 42.5 Å². The zero-order chi connectivity index (χ0) is 20.8. The van der Waals surface area contributed by atoms with Crippen LogP contribution in [0, 0.1) is 0 Å². The summed E-state index contributed by atoms with van der Waals surface area (Å²) in [5.74, 6) is 0.776. The number of aryl methyl sites for hydroxylation is 1. The van der Waals surface area contributed by atoms with E-state index in [9.17, 15) is 9.59 Å². The van der Waals surface area contributed by atoms with Crippen LogP contribution in [-0.4, -0.2) is 37.9 Å². The maximum absolute atomic E-state index is 12.7. The number of urea groups is 1. The highest BCUT2D eigenvalue weighted by molar-refractivity contribution is 5.74. The standard InChI is InChI=1S/C22H26N6O2/c29-21(24-13-10-17-5-2-1-3-6-17)25-19-8-9-20-26-28(22(30)27(20)14-11-19)16-18-7-4-12-23-15-18/h1-7,12,15,19H,8-11,13-14,16H2,(H2,24,25,29). The van der Waals surface area contributed by atoms with E-state index in [1.54, 1.807) is 17.0 Å². The Morgan fingerprint density at radius 3 is 2.73 bits per heavy atom. The Bertz CT molecular complexity index is 1030. The molecular formula is C22H26N6O2. The van der Waals surface area contributed by atoms with Crippen molar-refractivity contribution in [3.8, 4) is 0 Å². The van der Waals surface area contributed by atoms with Crippen LogP contribution in [0.1, 0.15) is 29.8 Å². The van der Waals surface area contributed by atoms with Gasteiger partial charge >= 0.3 is 11.7 Å². The predicted octanol–water partition coefficient (Wildman–Crippen LogP) is 1.73. The number of amides is 2. The van der Waals surface area contributed by atoms with Gasteiger partial charge in [-0.05, 0) is 36.5 Å². The topological polar surface area (TPSA) is 93.8 Å². The van der Waals surface area contributed by atoms with E-state index in [4.69, 9.17) is 0 Å². The normalized spacial score (nSPS) is 15.8. The van der Waals surface area contributed by atoms with Gasteiger partial charge in [-0.15, -0.1) is 0 Å². The van der Waals surface area contributed by atoms with Gasteiger partial charge in [-0.1, -0.05) is 36.4 Å². The van der Waals surface area contributed by atoms with Gasteiger partial charge in [-0.3, -0.25) is 9.55 Å². The molecule has 8 nitrogen and oxygen atoms in total. The number of hydrogen-bond donors (Lipinski definition) is 2. The lowest BCUT2D eigenvalue weighted by Gasteiger charge is -2.16. The Kier molecular flexibility index (Phi) is 6.22. The highest BCUT2D eigenvalue weighted by Gasteiger charge is 2.22. The molecule has 2 N–H and O–H groups in total. The Balaban J connectivity index is 1.28. The SMILES string of the molecule is O=C(NCCc1ccccc1)NC1CCc2nn(Cc3cccnc3)c(=O)n2CC1. The van der Waals surface area contributed by atoms with E-state index in [0.29, 0.717) is 32.5 Å². The van der Waals surface area contributed by atoms with Gasteiger partial charge in [0.25, 0.3) is 0 Å². The second-order valence-corrected chi connectivity index (χ2v) is 7.53. The summed E-state index contributed by atoms with van der Waals surface area (Å²) in [5.41, 5.74) is 2.03. The molecule has 2 aromatic heterocycles. The van der Waals surface area contributed by atoms with Gasteiger partial charge in [0.05, 0.1) is 6.54 Å². The summed E-state index contributed by atoms with van der Waals surface area (Å²) in [6, 6.07) is 13.7. The van der Waals surface area contributed by atoms with Gasteiger partial charge < -0.3 is 10.6 Å². The fraction of sp³-hybridized carbons (Fsp3) is 0.364. The molecule has 2 amide bonds. The number of benzene rings is 1. The number of nitrogens with zero attached hydrogens (tertiary/aromatic N) is 4. The van der Waals surface area contributed by atoms with Crippen LogP contribution in [0.4, 0.5) is 4.79 Å². The average Bonchev–Trinajstić information content (AvgIpc) is 2.92. The molecule has 0 spiro atoms. The van der Waals surface area contributed by atoms with Crippen LogP contribution < -0.4 is 16.3 Å². The third-order valence-corrected chi connectivity index (χ3v) is 5.35. The minimum atomic E-state index is -0.163. The fourth-order valence-electron chi connectivity index (χ4n) is 3.74. The third-order valence-electron chi connectivity index (χ3n) is 5.35. The van der Waals surface area contributed by atoms with Crippen LogP contribution in [0.3, 0.4) is 0 Å². The van der Waals surface area contributed by atoms with E-state index < -0.39 is 0 Å². The molecule has 4 rings (SSSR count). The molecule has 0 bridgehead atoms. The number of fused-ring (bicyclic) bond motifs is 1. The molecule has 156 valence electrons. The molecule has 8 heteroatoms. The number of rotatable bonds is 6. The van der Waals surface area contributed by atoms with Crippen molar-refractivity contribution >= 4 is 6.03 Å². The number of aromatic nitrogens is 4. The largest absolute Gasteiger partial charge is 0.346 e. The molecule has 3 aromatic rings. The van der Waals surface area contributed by atoms with Gasteiger partial charge in [0, 0.05) is 37.9 Å². The zero-order valence-electron chi connectivity index (χ0n) is 16.8. The summed E-state index contributed by atoms with van der Waals surface area (Å²) < 4.78 is 3.22. The zero-order valence-corrected chi connectivity index (χ0v) is 16.8. The van der Waals surface area contributed by atoms with Crippen LogP contribution in [0.5, 0.6) is 0 Å². The highest BCUT2D eigenvalue weighted by atomic mass is 16.2. The summed E-state index contributed by atoms with van der Waals surface area (Å²) >= 11 is 0. The van der Waals surface area contributed by atoms with E-state index >= 15 is 0 Å². The fourth-order valence-corrected chi connectivity index (χ4v) is 3.74. The second kappa shape index (κ2) is 9.39. The Labute approximate surface area is 175 Å². The maximum atomic E-state index is 12.7. The average molecular weight is 406 g/mol. The Morgan fingerprint density at radius 1 is 1.10 bits per heavy atom. The first kappa shape index (κ1) is 19.9. The lowest BCUT2D eigenvalue weighted by Crippen LogP contribution is -2.43. The van der Waals surface area contributed by atoms with E-state index in [0.717, 1.165) is 24.2 Å². The monoisotopic (exact) mass is 406 g/mol. The molecule has 0 aliphatic carbocycles. The van der Waals surface area contributed by atoms with E-state index in [2.05, 4.69) is 20.7 Å². The summed E-state index contributed by atoms with van der Waals surface area (Å²) in [7, 11) is 0. The maximum Gasteiger partial charge on any atom is 0.346 e. The first-order valence-electron chi connectivity index (χ1n) is 10.3. The lowest BCUT2D eigenvalue weighted by molar-refractivity contribution is 0.235. The molecule has 30 heavy (non-hydrogen) atoms. The number of hydrogen-bond acceptors (Lipinski definition) is 4. The van der Waals surface area contributed by atoms with Crippen LogP contribution in [-0.2, 0) is 25.9 Å². The number of nitrogens with one attached hydrogen (secondary N) is 2. The Hall–Kier alpha value is -3.42. The molecule has 1 unspecified atom stereocenters. The lowest BCUT2D eigenvalue weighted by atomic mass is 10.1. The smallest absolute Gasteiger partial charge is 0.338 e. The van der Waals surface area contributed by atoms with Crippen molar-refractivity contribution in [3.63, 3.8) is 0 Å². The summed E-state index contributed by atoms with van der Waals surface area (Å²) in [5, 5.41) is 10.5. The molecule has 0 fully saturated rings. The van der Waals surface area contributed by atoms with Gasteiger partial charge in [0.15, 0.2) is 0 Å². The molecule has 1 aliphatic rings. The summed E-state index contributed by atoms with van der Waals surface area (Å²) in [4.78, 5) is 29.0. The first-order chi connectivity index (χ1) is 14.7. The number of carbonyl (C=O) groups is 1. The van der Waals surface area contributed by atoms with Crippen molar-refractivity contribution in [1.29, 1.82) is 0 Å². The Morgan fingerprint density at radius 2 is 1.93 bits per heavy atom. The predicted molar refractivity (Wildman–Crippen MR) is 113 cm³/mol. The molecule has 0 saturated heterocycles.